The summed E-state index contributed by atoms with van der Waals surface area (Å²) in [5.74, 6) is -2.80. The van der Waals surface area contributed by atoms with Crippen molar-refractivity contribution in [2.24, 2.45) is 0 Å². The SMILES string of the molecule is CCN1C[C@H](Oc2cccc(C)c2)[C@@H](O)C1.O.O=C(O)C(=O)O. The predicted molar refractivity (Wildman–Crippen MR) is 82.6 cm³/mol. The van der Waals surface area contributed by atoms with Gasteiger partial charge in [-0.1, -0.05) is 19.1 Å². The van der Waals surface area contributed by atoms with Crippen LogP contribution in [-0.4, -0.2) is 69.5 Å². The Hall–Kier alpha value is -2.16. The van der Waals surface area contributed by atoms with E-state index in [4.69, 9.17) is 24.5 Å². The molecule has 0 saturated carbocycles. The van der Waals surface area contributed by atoms with E-state index in [0.29, 0.717) is 6.54 Å². The Balaban J connectivity index is 0.000000599. The summed E-state index contributed by atoms with van der Waals surface area (Å²) in [7, 11) is 0. The lowest BCUT2D eigenvalue weighted by atomic mass is 10.2. The van der Waals surface area contributed by atoms with Gasteiger partial charge in [-0.15, -0.1) is 0 Å². The van der Waals surface area contributed by atoms with Gasteiger partial charge in [-0.25, -0.2) is 9.59 Å². The number of ether oxygens (including phenoxy) is 1. The minimum Gasteiger partial charge on any atom is -0.486 e. The van der Waals surface area contributed by atoms with Crippen LogP contribution in [0.4, 0.5) is 0 Å². The van der Waals surface area contributed by atoms with Crippen molar-refractivity contribution < 1.29 is 35.1 Å². The number of aliphatic carboxylic acids is 2. The first-order valence-corrected chi connectivity index (χ1v) is 6.93. The number of carboxylic acid groups (broad SMARTS) is 2. The standard InChI is InChI=1S/C13H19NO2.C2H2O4.H2O/c1-3-14-8-12(15)13(9-14)16-11-6-4-5-10(2)7-11;3-1(4)2(5)6;/h4-7,12-13,15H,3,8-9H2,1-2H3;(H,3,4)(H,5,6);1H2/t12-,13-;;/m0../s1. The largest absolute Gasteiger partial charge is 0.486 e. The summed E-state index contributed by atoms with van der Waals surface area (Å²) in [6.45, 7) is 6.63. The van der Waals surface area contributed by atoms with Crippen LogP contribution in [0.3, 0.4) is 0 Å². The molecule has 1 aromatic rings. The zero-order valence-electron chi connectivity index (χ0n) is 13.1. The molecule has 8 heteroatoms. The van der Waals surface area contributed by atoms with Crippen molar-refractivity contribution in [2.45, 2.75) is 26.1 Å². The average Bonchev–Trinajstić information content (AvgIpc) is 2.80. The lowest BCUT2D eigenvalue weighted by Gasteiger charge is -2.16. The number of hydrogen-bond donors (Lipinski definition) is 3. The van der Waals surface area contributed by atoms with E-state index in [1.54, 1.807) is 0 Å². The molecule has 5 N–H and O–H groups in total. The second-order valence-electron chi connectivity index (χ2n) is 5.00. The first-order valence-electron chi connectivity index (χ1n) is 6.93. The van der Waals surface area contributed by atoms with Crippen LogP contribution in [0.5, 0.6) is 5.75 Å². The van der Waals surface area contributed by atoms with Crippen molar-refractivity contribution in [3.05, 3.63) is 29.8 Å². The highest BCUT2D eigenvalue weighted by Crippen LogP contribution is 2.19. The number of likely N-dealkylation sites (N-methyl/N-ethyl adjacent to an activating group) is 1. The van der Waals surface area contributed by atoms with Crippen LogP contribution >= 0.6 is 0 Å². The average molecular weight is 329 g/mol. The first-order chi connectivity index (χ1) is 10.3. The van der Waals surface area contributed by atoms with E-state index < -0.39 is 11.9 Å². The summed E-state index contributed by atoms with van der Waals surface area (Å²) in [5.41, 5.74) is 1.18. The van der Waals surface area contributed by atoms with Crippen LogP contribution in [0.25, 0.3) is 0 Å². The molecule has 0 amide bonds. The molecule has 2 rings (SSSR count). The molecule has 2 atom stereocenters. The van der Waals surface area contributed by atoms with E-state index in [0.717, 1.165) is 18.8 Å². The molecule has 1 fully saturated rings. The van der Waals surface area contributed by atoms with Gasteiger partial charge in [0.25, 0.3) is 0 Å². The Morgan fingerprint density at radius 3 is 2.30 bits per heavy atom. The van der Waals surface area contributed by atoms with E-state index in [2.05, 4.69) is 11.8 Å². The van der Waals surface area contributed by atoms with Crippen LogP contribution in [0.2, 0.25) is 0 Å². The first kappa shape index (κ1) is 20.8. The van der Waals surface area contributed by atoms with Crippen LogP contribution in [0, 0.1) is 6.92 Å². The van der Waals surface area contributed by atoms with Crippen molar-refractivity contribution in [2.75, 3.05) is 19.6 Å². The monoisotopic (exact) mass is 329 g/mol. The summed E-state index contributed by atoms with van der Waals surface area (Å²) >= 11 is 0. The number of aliphatic hydroxyl groups excluding tert-OH is 1. The molecule has 1 aliphatic heterocycles. The predicted octanol–water partition coefficient (Wildman–Crippen LogP) is -0.230. The number of rotatable bonds is 3. The molecule has 0 unspecified atom stereocenters. The highest BCUT2D eigenvalue weighted by molar-refractivity contribution is 6.27. The Labute approximate surface area is 134 Å². The Bertz CT molecular complexity index is 508. The van der Waals surface area contributed by atoms with Gasteiger partial charge in [0.1, 0.15) is 18.0 Å². The van der Waals surface area contributed by atoms with Gasteiger partial charge in [0.05, 0.1) is 0 Å². The van der Waals surface area contributed by atoms with E-state index in [1.807, 2.05) is 31.2 Å². The summed E-state index contributed by atoms with van der Waals surface area (Å²) in [6, 6.07) is 7.95. The number of likely N-dealkylation sites (tertiary alicyclic amines) is 1. The van der Waals surface area contributed by atoms with Gasteiger partial charge < -0.3 is 25.5 Å². The third kappa shape index (κ3) is 7.09. The van der Waals surface area contributed by atoms with Gasteiger partial charge in [-0.3, -0.25) is 4.90 Å². The van der Waals surface area contributed by atoms with Gasteiger partial charge in [0, 0.05) is 13.1 Å². The van der Waals surface area contributed by atoms with Crippen molar-refractivity contribution in [3.63, 3.8) is 0 Å². The second-order valence-corrected chi connectivity index (χ2v) is 5.00. The van der Waals surface area contributed by atoms with Crippen molar-refractivity contribution in [1.29, 1.82) is 0 Å². The fourth-order valence-corrected chi connectivity index (χ4v) is 2.07. The molecule has 1 heterocycles. The molecule has 1 aliphatic rings. The number of carboxylic acids is 2. The number of nitrogens with zero attached hydrogens (tertiary/aromatic N) is 1. The molecule has 130 valence electrons. The smallest absolute Gasteiger partial charge is 0.414 e. The van der Waals surface area contributed by atoms with Gasteiger partial charge in [0.15, 0.2) is 0 Å². The normalized spacial score (nSPS) is 20.0. The van der Waals surface area contributed by atoms with Gasteiger partial charge >= 0.3 is 11.9 Å². The summed E-state index contributed by atoms with van der Waals surface area (Å²) in [5, 5.41) is 24.6. The van der Waals surface area contributed by atoms with Crippen LogP contribution < -0.4 is 4.74 Å². The Morgan fingerprint density at radius 1 is 1.26 bits per heavy atom. The van der Waals surface area contributed by atoms with Crippen molar-refractivity contribution in [1.82, 2.24) is 4.90 Å². The zero-order valence-corrected chi connectivity index (χ0v) is 13.1. The molecular formula is C15H23NO7. The molecule has 8 nitrogen and oxygen atoms in total. The molecular weight excluding hydrogens is 306 g/mol. The number of carbonyl (C=O) groups is 2. The summed E-state index contributed by atoms with van der Waals surface area (Å²) in [4.78, 5) is 20.4. The van der Waals surface area contributed by atoms with Gasteiger partial charge in [-0.2, -0.15) is 0 Å². The van der Waals surface area contributed by atoms with E-state index in [1.165, 1.54) is 5.56 Å². The van der Waals surface area contributed by atoms with Crippen LogP contribution in [0.1, 0.15) is 12.5 Å². The summed E-state index contributed by atoms with van der Waals surface area (Å²) in [6.07, 6.45) is -0.470. The number of aryl methyl sites for hydroxylation is 1. The number of benzene rings is 1. The van der Waals surface area contributed by atoms with E-state index in [-0.39, 0.29) is 17.7 Å². The quantitative estimate of drug-likeness (QED) is 0.651. The van der Waals surface area contributed by atoms with Crippen molar-refractivity contribution in [3.8, 4) is 5.75 Å². The maximum absolute atomic E-state index is 9.85. The minimum absolute atomic E-state index is 0. The van der Waals surface area contributed by atoms with E-state index in [9.17, 15) is 5.11 Å². The molecule has 0 spiro atoms. The fraction of sp³-hybridized carbons (Fsp3) is 0.467. The van der Waals surface area contributed by atoms with Gasteiger partial charge in [0.2, 0.25) is 0 Å². The number of hydrogen-bond acceptors (Lipinski definition) is 5. The molecule has 0 radical (unpaired) electrons. The molecule has 1 aromatic carbocycles. The second kappa shape index (κ2) is 9.78. The van der Waals surface area contributed by atoms with Crippen molar-refractivity contribution >= 4 is 11.9 Å². The van der Waals surface area contributed by atoms with E-state index >= 15 is 0 Å². The van der Waals surface area contributed by atoms with Crippen LogP contribution in [0.15, 0.2) is 24.3 Å². The minimum atomic E-state index is -1.82. The highest BCUT2D eigenvalue weighted by atomic mass is 16.5. The Morgan fingerprint density at radius 2 is 1.87 bits per heavy atom. The highest BCUT2D eigenvalue weighted by Gasteiger charge is 2.31. The number of aliphatic hydroxyl groups is 1. The molecule has 0 aromatic heterocycles. The maximum Gasteiger partial charge on any atom is 0.414 e. The lowest BCUT2D eigenvalue weighted by Crippen LogP contribution is -2.29. The van der Waals surface area contributed by atoms with Crippen LogP contribution in [-0.2, 0) is 9.59 Å². The lowest BCUT2D eigenvalue weighted by molar-refractivity contribution is -0.159. The molecule has 1 saturated heterocycles. The molecule has 23 heavy (non-hydrogen) atoms. The summed E-state index contributed by atoms with van der Waals surface area (Å²) < 4.78 is 5.81. The maximum atomic E-state index is 9.85. The fourth-order valence-electron chi connectivity index (χ4n) is 2.07. The molecule has 0 aliphatic carbocycles. The number of β-amino-alcohol motifs (C(OH)–C–C–N with tert-alkyl or cyclic N) is 1. The Kier molecular flexibility index (Phi) is 8.86. The zero-order chi connectivity index (χ0) is 16.7. The van der Waals surface area contributed by atoms with Gasteiger partial charge in [-0.05, 0) is 31.2 Å². The third-order valence-electron chi connectivity index (χ3n) is 3.22. The topological polar surface area (TPSA) is 139 Å². The third-order valence-corrected chi connectivity index (χ3v) is 3.22. The molecule has 0 bridgehead atoms.